The summed E-state index contributed by atoms with van der Waals surface area (Å²) >= 11 is 1.53. The Morgan fingerprint density at radius 3 is 3.05 bits per heavy atom. The van der Waals surface area contributed by atoms with Crippen LogP contribution >= 0.6 is 11.3 Å². The van der Waals surface area contributed by atoms with Crippen molar-refractivity contribution < 1.29 is 9.90 Å². The number of thiazole rings is 1. The van der Waals surface area contributed by atoms with Crippen LogP contribution < -0.4 is 5.32 Å². The van der Waals surface area contributed by atoms with Crippen LogP contribution in [0.25, 0.3) is 0 Å². The first-order valence-electron chi connectivity index (χ1n) is 7.26. The second-order valence-corrected chi connectivity index (χ2v) is 6.17. The summed E-state index contributed by atoms with van der Waals surface area (Å²) in [6.07, 6.45) is 5.41. The molecule has 0 aliphatic heterocycles. The molecule has 0 unspecified atom stereocenters. The Balaban J connectivity index is 1.73. The van der Waals surface area contributed by atoms with Crippen LogP contribution in [-0.2, 0) is 24.1 Å². The highest BCUT2D eigenvalue weighted by Crippen LogP contribution is 2.30. The minimum atomic E-state index is -0.783. The van der Waals surface area contributed by atoms with Gasteiger partial charge in [0.25, 0.3) is 0 Å². The predicted octanol–water partition coefficient (Wildman–Crippen LogP) is 3.78. The van der Waals surface area contributed by atoms with E-state index in [1.54, 1.807) is 0 Å². The van der Waals surface area contributed by atoms with E-state index in [9.17, 15) is 4.79 Å². The van der Waals surface area contributed by atoms with Gasteiger partial charge in [0, 0.05) is 17.5 Å². The third-order valence-corrected chi connectivity index (χ3v) is 4.59. The van der Waals surface area contributed by atoms with Crippen molar-refractivity contribution in [1.82, 2.24) is 4.98 Å². The molecular weight excluding hydrogens is 284 g/mol. The monoisotopic (exact) mass is 302 g/mol. The molecule has 1 heterocycles. The number of hydrogen-bond donors (Lipinski definition) is 2. The fourth-order valence-electron chi connectivity index (χ4n) is 2.73. The average Bonchev–Trinajstić information content (AvgIpc) is 2.93. The first-order valence-corrected chi connectivity index (χ1v) is 8.14. The molecular formula is C16H18N2O2S. The first-order chi connectivity index (χ1) is 10.2. The minimum Gasteiger partial charge on any atom is -0.481 e. The number of aromatic nitrogens is 1. The maximum absolute atomic E-state index is 10.6. The van der Waals surface area contributed by atoms with Gasteiger partial charge in [-0.15, -0.1) is 11.3 Å². The highest BCUT2D eigenvalue weighted by atomic mass is 32.1. The molecule has 21 heavy (non-hydrogen) atoms. The van der Waals surface area contributed by atoms with Crippen LogP contribution in [-0.4, -0.2) is 16.1 Å². The molecule has 0 amide bonds. The van der Waals surface area contributed by atoms with Crippen molar-refractivity contribution in [2.45, 2.75) is 38.5 Å². The van der Waals surface area contributed by atoms with E-state index in [0.717, 1.165) is 29.4 Å². The lowest BCUT2D eigenvalue weighted by Crippen LogP contribution is -2.06. The van der Waals surface area contributed by atoms with E-state index in [0.29, 0.717) is 6.42 Å². The third-order valence-electron chi connectivity index (χ3n) is 3.78. The molecule has 5 heteroatoms. The van der Waals surface area contributed by atoms with Gasteiger partial charge in [0.05, 0.1) is 12.1 Å². The molecule has 1 aromatic carbocycles. The minimum absolute atomic E-state index is 0.129. The van der Waals surface area contributed by atoms with Gasteiger partial charge in [0.2, 0.25) is 0 Å². The zero-order valence-electron chi connectivity index (χ0n) is 11.8. The van der Waals surface area contributed by atoms with E-state index in [2.05, 4.69) is 28.5 Å². The zero-order valence-corrected chi connectivity index (χ0v) is 12.6. The lowest BCUT2D eigenvalue weighted by Gasteiger charge is -2.19. The Kier molecular flexibility index (Phi) is 4.20. The highest BCUT2D eigenvalue weighted by Gasteiger charge is 2.13. The van der Waals surface area contributed by atoms with Crippen LogP contribution in [0.1, 0.15) is 36.1 Å². The van der Waals surface area contributed by atoms with Crippen LogP contribution in [0.5, 0.6) is 0 Å². The van der Waals surface area contributed by atoms with E-state index < -0.39 is 5.97 Å². The van der Waals surface area contributed by atoms with Gasteiger partial charge in [-0.3, -0.25) is 4.79 Å². The number of rotatable bonds is 5. The maximum Gasteiger partial charge on any atom is 0.303 e. The van der Waals surface area contributed by atoms with Gasteiger partial charge in [-0.1, -0.05) is 12.1 Å². The number of nitrogens with zero attached hydrogens (tertiary/aromatic N) is 1. The van der Waals surface area contributed by atoms with Crippen molar-refractivity contribution in [3.05, 3.63) is 40.4 Å². The summed E-state index contributed by atoms with van der Waals surface area (Å²) < 4.78 is 0. The normalized spacial score (nSPS) is 13.7. The second kappa shape index (κ2) is 6.26. The predicted molar refractivity (Wildman–Crippen MR) is 84.4 cm³/mol. The lowest BCUT2D eigenvalue weighted by atomic mass is 9.90. The molecule has 3 rings (SSSR count). The number of benzene rings is 1. The summed E-state index contributed by atoms with van der Waals surface area (Å²) in [4.78, 5) is 15.1. The number of carboxylic acids is 1. The topological polar surface area (TPSA) is 62.2 Å². The molecule has 0 bridgehead atoms. The van der Waals surface area contributed by atoms with E-state index in [-0.39, 0.29) is 6.42 Å². The smallest absolute Gasteiger partial charge is 0.303 e. The Hall–Kier alpha value is -1.88. The summed E-state index contributed by atoms with van der Waals surface area (Å²) in [7, 11) is 0. The Morgan fingerprint density at radius 2 is 2.19 bits per heavy atom. The van der Waals surface area contributed by atoms with Crippen LogP contribution in [0.3, 0.4) is 0 Å². The molecule has 2 N–H and O–H groups in total. The Bertz CT molecular complexity index is 651. The molecule has 4 nitrogen and oxygen atoms in total. The van der Waals surface area contributed by atoms with Gasteiger partial charge < -0.3 is 10.4 Å². The summed E-state index contributed by atoms with van der Waals surface area (Å²) in [5.41, 5.74) is 4.83. The highest BCUT2D eigenvalue weighted by molar-refractivity contribution is 7.13. The van der Waals surface area contributed by atoms with Gasteiger partial charge in [-0.2, -0.15) is 0 Å². The molecule has 0 fully saturated rings. The van der Waals surface area contributed by atoms with Crippen LogP contribution in [0.15, 0.2) is 23.6 Å². The van der Waals surface area contributed by atoms with Gasteiger partial charge in [0.15, 0.2) is 5.13 Å². The molecule has 1 aliphatic rings. The molecule has 0 spiro atoms. The molecule has 0 saturated heterocycles. The number of nitrogens with one attached hydrogen (secondary N) is 1. The van der Waals surface area contributed by atoms with E-state index in [1.165, 1.54) is 35.3 Å². The van der Waals surface area contributed by atoms with Gasteiger partial charge >= 0.3 is 5.97 Å². The van der Waals surface area contributed by atoms with E-state index in [4.69, 9.17) is 5.11 Å². The van der Waals surface area contributed by atoms with Crippen LogP contribution in [0, 0.1) is 0 Å². The van der Waals surface area contributed by atoms with Gasteiger partial charge in [-0.05, 0) is 42.9 Å². The van der Waals surface area contributed by atoms with Gasteiger partial charge in [-0.25, -0.2) is 4.98 Å². The number of hydrogen-bond acceptors (Lipinski definition) is 4. The number of carbonyl (C=O) groups is 1. The number of carboxylic acid groups (broad SMARTS) is 1. The molecule has 0 radical (unpaired) electrons. The van der Waals surface area contributed by atoms with Crippen molar-refractivity contribution in [2.75, 3.05) is 5.32 Å². The quantitative estimate of drug-likeness (QED) is 0.882. The number of aryl methyl sites for hydroxylation is 2. The molecule has 0 atom stereocenters. The largest absolute Gasteiger partial charge is 0.481 e. The zero-order chi connectivity index (χ0) is 14.7. The Morgan fingerprint density at radius 1 is 1.33 bits per heavy atom. The molecule has 1 aromatic heterocycles. The fraction of sp³-hybridized carbons (Fsp3) is 0.375. The number of fused-ring (bicyclic) bond motifs is 1. The van der Waals surface area contributed by atoms with Crippen molar-refractivity contribution >= 4 is 28.1 Å². The fourth-order valence-corrected chi connectivity index (χ4v) is 3.48. The SMILES string of the molecule is O=C(O)CCc1csc(Nc2cccc3c2CCCC3)n1. The van der Waals surface area contributed by atoms with Gasteiger partial charge in [0.1, 0.15) is 0 Å². The summed E-state index contributed by atoms with van der Waals surface area (Å²) in [5.74, 6) is -0.783. The van der Waals surface area contributed by atoms with E-state index >= 15 is 0 Å². The second-order valence-electron chi connectivity index (χ2n) is 5.31. The van der Waals surface area contributed by atoms with Crippen molar-refractivity contribution in [3.63, 3.8) is 0 Å². The molecule has 2 aromatic rings. The van der Waals surface area contributed by atoms with Crippen LogP contribution in [0.2, 0.25) is 0 Å². The first kappa shape index (κ1) is 14.1. The summed E-state index contributed by atoms with van der Waals surface area (Å²) in [5, 5.41) is 14.9. The van der Waals surface area contributed by atoms with E-state index in [1.807, 2.05) is 5.38 Å². The van der Waals surface area contributed by atoms with Crippen LogP contribution in [0.4, 0.5) is 10.8 Å². The Labute approximate surface area is 127 Å². The maximum atomic E-state index is 10.6. The molecule has 0 saturated carbocycles. The average molecular weight is 302 g/mol. The molecule has 1 aliphatic carbocycles. The van der Waals surface area contributed by atoms with Crippen molar-refractivity contribution in [3.8, 4) is 0 Å². The summed E-state index contributed by atoms with van der Waals surface area (Å²) in [6, 6.07) is 6.40. The third kappa shape index (κ3) is 3.42. The number of anilines is 2. The molecule has 110 valence electrons. The van der Waals surface area contributed by atoms with Crippen molar-refractivity contribution in [2.24, 2.45) is 0 Å². The lowest BCUT2D eigenvalue weighted by molar-refractivity contribution is -0.136. The standard InChI is InChI=1S/C16H18N2O2S/c19-15(20)9-8-12-10-21-16(17-12)18-14-7-3-5-11-4-1-2-6-13(11)14/h3,5,7,10H,1-2,4,6,8-9H2,(H,17,18)(H,19,20). The van der Waals surface area contributed by atoms with Crippen molar-refractivity contribution in [1.29, 1.82) is 0 Å². The number of aliphatic carboxylic acids is 1. The summed E-state index contributed by atoms with van der Waals surface area (Å²) in [6.45, 7) is 0.